The monoisotopic (exact) mass is 156 g/mol. The molecule has 1 rings (SSSR count). The number of aromatic amines is 1. The number of anilines is 1. The Labute approximate surface area is 63.8 Å². The summed E-state index contributed by atoms with van der Waals surface area (Å²) in [5.74, 6) is 0.827. The zero-order chi connectivity index (χ0) is 7.40. The molecule has 0 aliphatic carbocycles. The third-order valence-electron chi connectivity index (χ3n) is 0.918. The lowest BCUT2D eigenvalue weighted by molar-refractivity contribution is 1.10. The first-order valence-electron chi connectivity index (χ1n) is 2.74. The van der Waals surface area contributed by atoms with E-state index in [0.717, 1.165) is 5.82 Å². The molecule has 1 aromatic heterocycles. The Morgan fingerprint density at radius 3 is 3.00 bits per heavy atom. The van der Waals surface area contributed by atoms with Gasteiger partial charge in [-0.25, -0.2) is 0 Å². The van der Waals surface area contributed by atoms with Gasteiger partial charge in [-0.3, -0.25) is 10.9 Å². The quantitative estimate of drug-likeness (QED) is 0.364. The third kappa shape index (κ3) is 1.94. The molecular weight excluding hydrogens is 148 g/mol. The molecule has 1 heterocycles. The largest absolute Gasteiger partial charge is 0.375 e. The summed E-state index contributed by atoms with van der Waals surface area (Å²) in [5.41, 5.74) is 10.5. The molecule has 5 heteroatoms. The van der Waals surface area contributed by atoms with Gasteiger partial charge in [-0.1, -0.05) is 0 Å². The fourth-order valence-electron chi connectivity index (χ4n) is 0.537. The molecule has 0 spiro atoms. The van der Waals surface area contributed by atoms with E-state index in [1.54, 1.807) is 6.20 Å². The van der Waals surface area contributed by atoms with Gasteiger partial charge in [0.1, 0.15) is 5.82 Å². The van der Waals surface area contributed by atoms with Crippen LogP contribution in [-0.2, 0) is 0 Å². The minimum absolute atomic E-state index is 0.217. The number of thiocarbonyl (C=S) groups is 1. The van der Waals surface area contributed by atoms with Gasteiger partial charge in [0.25, 0.3) is 0 Å². The van der Waals surface area contributed by atoms with Gasteiger partial charge in [-0.2, -0.15) is 0 Å². The zero-order valence-electron chi connectivity index (χ0n) is 5.22. The molecule has 0 aliphatic rings. The Hall–Kier alpha value is -1.23. The van der Waals surface area contributed by atoms with Gasteiger partial charge >= 0.3 is 0 Å². The first kappa shape index (κ1) is 6.88. The maximum atomic E-state index is 5.15. The van der Waals surface area contributed by atoms with E-state index in [-0.39, 0.29) is 5.11 Å². The minimum Gasteiger partial charge on any atom is -0.375 e. The van der Waals surface area contributed by atoms with Crippen molar-refractivity contribution in [2.75, 3.05) is 5.43 Å². The lowest BCUT2D eigenvalue weighted by Crippen LogP contribution is -2.33. The summed E-state index contributed by atoms with van der Waals surface area (Å²) in [6.07, 6.45) is 1.80. The van der Waals surface area contributed by atoms with Gasteiger partial charge in [0.15, 0.2) is 5.11 Å². The molecule has 4 nitrogen and oxygen atoms in total. The van der Waals surface area contributed by atoms with Crippen molar-refractivity contribution in [2.24, 2.45) is 5.73 Å². The Morgan fingerprint density at radius 2 is 2.50 bits per heavy atom. The lowest BCUT2D eigenvalue weighted by atomic mass is 10.6. The summed E-state index contributed by atoms with van der Waals surface area (Å²) in [4.78, 5) is 2.90. The summed E-state index contributed by atoms with van der Waals surface area (Å²) in [6.45, 7) is 0. The summed E-state index contributed by atoms with van der Waals surface area (Å²) in [5, 5.41) is 0.217. The molecule has 0 fully saturated rings. The summed E-state index contributed by atoms with van der Waals surface area (Å²) in [7, 11) is 0. The molecule has 0 bridgehead atoms. The topological polar surface area (TPSA) is 65.9 Å². The van der Waals surface area contributed by atoms with Crippen LogP contribution in [0.4, 0.5) is 5.82 Å². The number of nitrogens with one attached hydrogen (secondary N) is 3. The number of H-pyrrole nitrogens is 1. The molecule has 0 atom stereocenters. The van der Waals surface area contributed by atoms with Crippen LogP contribution in [0, 0.1) is 0 Å². The van der Waals surface area contributed by atoms with Gasteiger partial charge < -0.3 is 10.7 Å². The Bertz CT molecular complexity index is 205. The number of hydrogen-bond acceptors (Lipinski definition) is 2. The van der Waals surface area contributed by atoms with Gasteiger partial charge in [0.05, 0.1) is 0 Å². The second-order valence-corrected chi connectivity index (χ2v) is 2.14. The molecule has 1 aromatic rings. The van der Waals surface area contributed by atoms with E-state index in [1.165, 1.54) is 0 Å². The SMILES string of the molecule is NC(=S)NNc1ccc[nH]1. The Balaban J connectivity index is 2.35. The normalized spacial score (nSPS) is 8.80. The van der Waals surface area contributed by atoms with Crippen LogP contribution in [-0.4, -0.2) is 10.1 Å². The van der Waals surface area contributed by atoms with Crippen molar-refractivity contribution >= 4 is 23.1 Å². The van der Waals surface area contributed by atoms with Crippen LogP contribution in [0.2, 0.25) is 0 Å². The smallest absolute Gasteiger partial charge is 0.182 e. The first-order chi connectivity index (χ1) is 4.79. The van der Waals surface area contributed by atoms with Crippen LogP contribution in [0.1, 0.15) is 0 Å². The van der Waals surface area contributed by atoms with Crippen LogP contribution in [0.5, 0.6) is 0 Å². The van der Waals surface area contributed by atoms with Crippen molar-refractivity contribution in [3.8, 4) is 0 Å². The van der Waals surface area contributed by atoms with Crippen molar-refractivity contribution in [3.63, 3.8) is 0 Å². The van der Waals surface area contributed by atoms with Crippen molar-refractivity contribution in [1.82, 2.24) is 10.4 Å². The number of hydrazine groups is 1. The molecule has 0 aliphatic heterocycles. The first-order valence-corrected chi connectivity index (χ1v) is 3.15. The van der Waals surface area contributed by atoms with Gasteiger partial charge in [-0.15, -0.1) is 0 Å². The summed E-state index contributed by atoms with van der Waals surface area (Å²) in [6, 6.07) is 3.72. The fraction of sp³-hybridized carbons (Fsp3) is 0. The standard InChI is InChI=1S/C5H8N4S/c6-5(10)9-8-4-2-1-3-7-4/h1-3,7-8H,(H3,6,9,10). The maximum absolute atomic E-state index is 5.15. The minimum atomic E-state index is 0.217. The van der Waals surface area contributed by atoms with Crippen molar-refractivity contribution in [3.05, 3.63) is 18.3 Å². The molecule has 0 saturated heterocycles. The number of nitrogens with two attached hydrogens (primary N) is 1. The fourth-order valence-corrected chi connectivity index (χ4v) is 0.588. The summed E-state index contributed by atoms with van der Waals surface area (Å²) >= 11 is 4.56. The molecule has 0 radical (unpaired) electrons. The van der Waals surface area contributed by atoms with Gasteiger partial charge in [0.2, 0.25) is 0 Å². The molecule has 0 aromatic carbocycles. The number of aromatic nitrogens is 1. The van der Waals surface area contributed by atoms with Crippen LogP contribution in [0.25, 0.3) is 0 Å². The predicted molar refractivity (Wildman–Crippen MR) is 44.3 cm³/mol. The molecule has 5 N–H and O–H groups in total. The maximum Gasteiger partial charge on any atom is 0.182 e. The predicted octanol–water partition coefficient (Wildman–Crippen LogP) is 0.175. The number of rotatable bonds is 2. The number of hydrogen-bond donors (Lipinski definition) is 4. The van der Waals surface area contributed by atoms with E-state index in [0.29, 0.717) is 0 Å². The summed E-state index contributed by atoms with van der Waals surface area (Å²) < 4.78 is 0. The Morgan fingerprint density at radius 1 is 1.70 bits per heavy atom. The van der Waals surface area contributed by atoms with Crippen LogP contribution < -0.4 is 16.6 Å². The molecule has 0 saturated carbocycles. The van der Waals surface area contributed by atoms with E-state index in [1.807, 2.05) is 12.1 Å². The zero-order valence-corrected chi connectivity index (χ0v) is 6.03. The van der Waals surface area contributed by atoms with Gasteiger partial charge in [-0.05, 0) is 24.4 Å². The highest BCUT2D eigenvalue weighted by Gasteiger charge is 1.87. The highest BCUT2D eigenvalue weighted by molar-refractivity contribution is 7.80. The van der Waals surface area contributed by atoms with Crippen molar-refractivity contribution in [1.29, 1.82) is 0 Å². The van der Waals surface area contributed by atoms with Crippen molar-refractivity contribution in [2.45, 2.75) is 0 Å². The third-order valence-corrected chi connectivity index (χ3v) is 1.02. The Kier molecular flexibility index (Phi) is 2.11. The van der Waals surface area contributed by atoms with E-state index < -0.39 is 0 Å². The second kappa shape index (κ2) is 3.07. The lowest BCUT2D eigenvalue weighted by Gasteiger charge is -2.03. The van der Waals surface area contributed by atoms with Crippen molar-refractivity contribution < 1.29 is 0 Å². The van der Waals surface area contributed by atoms with E-state index in [2.05, 4.69) is 28.1 Å². The second-order valence-electron chi connectivity index (χ2n) is 1.70. The van der Waals surface area contributed by atoms with Crippen LogP contribution in [0.15, 0.2) is 18.3 Å². The average molecular weight is 156 g/mol. The average Bonchev–Trinajstić information content (AvgIpc) is 2.34. The van der Waals surface area contributed by atoms with Gasteiger partial charge in [0, 0.05) is 6.20 Å². The van der Waals surface area contributed by atoms with E-state index >= 15 is 0 Å². The molecule has 54 valence electrons. The molecule has 0 unspecified atom stereocenters. The highest BCUT2D eigenvalue weighted by atomic mass is 32.1. The molecule has 10 heavy (non-hydrogen) atoms. The highest BCUT2D eigenvalue weighted by Crippen LogP contribution is 1.97. The van der Waals surface area contributed by atoms with Crippen LogP contribution >= 0.6 is 12.2 Å². The molecular formula is C5H8N4S. The van der Waals surface area contributed by atoms with Crippen LogP contribution in [0.3, 0.4) is 0 Å². The van der Waals surface area contributed by atoms with E-state index in [9.17, 15) is 0 Å². The van der Waals surface area contributed by atoms with E-state index in [4.69, 9.17) is 5.73 Å². The molecule has 0 amide bonds.